The highest BCUT2D eigenvalue weighted by atomic mass is 19.1. The molecule has 0 spiro atoms. The van der Waals surface area contributed by atoms with Gasteiger partial charge in [0, 0.05) is 51.3 Å². The highest BCUT2D eigenvalue weighted by molar-refractivity contribution is 5.25. The van der Waals surface area contributed by atoms with Crippen molar-refractivity contribution in [1.29, 1.82) is 0 Å². The van der Waals surface area contributed by atoms with Crippen LogP contribution >= 0.6 is 0 Å². The van der Waals surface area contributed by atoms with Crippen LogP contribution in [-0.4, -0.2) is 42.4 Å². The van der Waals surface area contributed by atoms with Gasteiger partial charge in [0.1, 0.15) is 5.82 Å². The molecule has 0 unspecified atom stereocenters. The fourth-order valence-electron chi connectivity index (χ4n) is 2.66. The lowest BCUT2D eigenvalue weighted by atomic mass is 9.94. The van der Waals surface area contributed by atoms with Crippen LogP contribution < -0.4 is 5.73 Å². The van der Waals surface area contributed by atoms with Crippen LogP contribution in [0.3, 0.4) is 0 Å². The number of ether oxygens (including phenoxy) is 1. The van der Waals surface area contributed by atoms with Gasteiger partial charge in [-0.15, -0.1) is 0 Å². The van der Waals surface area contributed by atoms with Gasteiger partial charge in [0.05, 0.1) is 5.60 Å². The lowest BCUT2D eigenvalue weighted by molar-refractivity contribution is -0.0777. The number of rotatable bonds is 5. The third kappa shape index (κ3) is 3.99. The first-order valence-corrected chi connectivity index (χ1v) is 6.98. The van der Waals surface area contributed by atoms with Crippen LogP contribution in [0.2, 0.25) is 0 Å². The average molecular weight is 282 g/mol. The van der Waals surface area contributed by atoms with Crippen LogP contribution in [0.15, 0.2) is 18.2 Å². The monoisotopic (exact) mass is 282 g/mol. The number of nitrogens with two attached hydrogens (primary N) is 1. The normalized spacial score (nSPS) is 18.4. The summed E-state index contributed by atoms with van der Waals surface area (Å²) in [5.41, 5.74) is 6.37. The van der Waals surface area contributed by atoms with Crippen LogP contribution in [0.4, 0.5) is 4.39 Å². The third-order valence-corrected chi connectivity index (χ3v) is 3.77. The lowest BCUT2D eigenvalue weighted by Crippen LogP contribution is -2.45. The highest BCUT2D eigenvalue weighted by Gasteiger charge is 2.30. The Morgan fingerprint density at radius 2 is 2.10 bits per heavy atom. The summed E-state index contributed by atoms with van der Waals surface area (Å²) in [6.45, 7) is 2.67. The van der Waals surface area contributed by atoms with E-state index in [1.54, 1.807) is 12.1 Å². The van der Waals surface area contributed by atoms with Gasteiger partial charge in [0.15, 0.2) is 0 Å². The molecule has 0 atom stereocenters. The molecule has 4 nitrogen and oxygen atoms in total. The number of aliphatic hydroxyl groups is 1. The number of likely N-dealkylation sites (N-methyl/N-ethyl adjacent to an activating group) is 1. The smallest absolute Gasteiger partial charge is 0.127 e. The van der Waals surface area contributed by atoms with Gasteiger partial charge >= 0.3 is 0 Å². The summed E-state index contributed by atoms with van der Waals surface area (Å²) in [6.07, 6.45) is 1.32. The molecule has 3 N–H and O–H groups in total. The fourth-order valence-corrected chi connectivity index (χ4v) is 2.66. The molecule has 1 fully saturated rings. The number of hydrogen-bond acceptors (Lipinski definition) is 4. The van der Waals surface area contributed by atoms with Crippen LogP contribution in [-0.2, 0) is 17.8 Å². The van der Waals surface area contributed by atoms with Gasteiger partial charge in [-0.25, -0.2) is 4.39 Å². The van der Waals surface area contributed by atoms with Crippen LogP contribution in [0, 0.1) is 5.82 Å². The maximum absolute atomic E-state index is 13.4. The van der Waals surface area contributed by atoms with E-state index in [4.69, 9.17) is 10.5 Å². The molecule has 1 aromatic rings. The van der Waals surface area contributed by atoms with E-state index in [1.807, 2.05) is 7.05 Å². The molecular formula is C15H23FN2O2. The van der Waals surface area contributed by atoms with Crippen molar-refractivity contribution < 1.29 is 14.2 Å². The quantitative estimate of drug-likeness (QED) is 0.853. The second-order valence-corrected chi connectivity index (χ2v) is 5.64. The molecule has 0 aliphatic carbocycles. The Labute approximate surface area is 119 Å². The first-order chi connectivity index (χ1) is 9.52. The van der Waals surface area contributed by atoms with Gasteiger partial charge in [-0.2, -0.15) is 0 Å². The van der Waals surface area contributed by atoms with E-state index in [2.05, 4.69) is 4.90 Å². The van der Waals surface area contributed by atoms with Crippen LogP contribution in [0.5, 0.6) is 0 Å². The summed E-state index contributed by atoms with van der Waals surface area (Å²) in [4.78, 5) is 2.05. The molecule has 0 radical (unpaired) electrons. The van der Waals surface area contributed by atoms with Crippen molar-refractivity contribution in [3.05, 3.63) is 35.1 Å². The second-order valence-electron chi connectivity index (χ2n) is 5.64. The molecule has 1 aromatic carbocycles. The predicted molar refractivity (Wildman–Crippen MR) is 75.6 cm³/mol. The SMILES string of the molecule is CN(Cc1ccc(F)c(CN)c1)CC1(O)CCOCC1. The number of halogens is 1. The number of hydrogen-bond donors (Lipinski definition) is 2. The van der Waals surface area contributed by atoms with Gasteiger partial charge in [-0.1, -0.05) is 12.1 Å². The molecule has 1 saturated heterocycles. The Balaban J connectivity index is 1.95. The zero-order chi connectivity index (χ0) is 14.6. The molecule has 2 rings (SSSR count). The zero-order valence-electron chi connectivity index (χ0n) is 11.9. The molecule has 1 aliphatic rings. The van der Waals surface area contributed by atoms with Gasteiger partial charge in [-0.3, -0.25) is 4.90 Å². The van der Waals surface area contributed by atoms with Crippen molar-refractivity contribution >= 4 is 0 Å². The molecule has 0 aromatic heterocycles. The Morgan fingerprint density at radius 1 is 1.40 bits per heavy atom. The van der Waals surface area contributed by atoms with E-state index < -0.39 is 5.60 Å². The van der Waals surface area contributed by atoms with E-state index >= 15 is 0 Å². The summed E-state index contributed by atoms with van der Waals surface area (Å²) in [6, 6.07) is 5.01. The fraction of sp³-hybridized carbons (Fsp3) is 0.600. The van der Waals surface area contributed by atoms with Crippen molar-refractivity contribution in [2.24, 2.45) is 5.73 Å². The first kappa shape index (κ1) is 15.4. The van der Waals surface area contributed by atoms with Gasteiger partial charge in [-0.05, 0) is 18.7 Å². The molecule has 0 bridgehead atoms. The molecule has 112 valence electrons. The standard InChI is InChI=1S/C15H23FN2O2/c1-18(11-15(19)4-6-20-7-5-15)10-12-2-3-14(16)13(8-12)9-17/h2-3,8,19H,4-7,9-11,17H2,1H3. The minimum Gasteiger partial charge on any atom is -0.388 e. The Morgan fingerprint density at radius 3 is 2.75 bits per heavy atom. The summed E-state index contributed by atoms with van der Waals surface area (Å²) < 4.78 is 18.7. The van der Waals surface area contributed by atoms with Crippen molar-refractivity contribution in [2.45, 2.75) is 31.5 Å². The third-order valence-electron chi connectivity index (χ3n) is 3.77. The van der Waals surface area contributed by atoms with E-state index in [1.165, 1.54) is 6.07 Å². The van der Waals surface area contributed by atoms with Gasteiger partial charge in [0.2, 0.25) is 0 Å². The van der Waals surface area contributed by atoms with E-state index in [0.717, 1.165) is 5.56 Å². The maximum Gasteiger partial charge on any atom is 0.127 e. The maximum atomic E-state index is 13.4. The number of nitrogens with zero attached hydrogens (tertiary/aromatic N) is 1. The second kappa shape index (κ2) is 6.63. The molecule has 20 heavy (non-hydrogen) atoms. The van der Waals surface area contributed by atoms with Crippen LogP contribution in [0.25, 0.3) is 0 Å². The van der Waals surface area contributed by atoms with Crippen molar-refractivity contribution in [3.63, 3.8) is 0 Å². The molecule has 0 saturated carbocycles. The van der Waals surface area contributed by atoms with Crippen molar-refractivity contribution in [3.8, 4) is 0 Å². The predicted octanol–water partition coefficient (Wildman–Crippen LogP) is 1.26. The topological polar surface area (TPSA) is 58.7 Å². The average Bonchev–Trinajstić information content (AvgIpc) is 2.41. The number of benzene rings is 1. The van der Waals surface area contributed by atoms with E-state index in [9.17, 15) is 9.50 Å². The molecule has 0 amide bonds. The Bertz CT molecular complexity index is 447. The molecule has 1 heterocycles. The zero-order valence-corrected chi connectivity index (χ0v) is 11.9. The highest BCUT2D eigenvalue weighted by Crippen LogP contribution is 2.22. The largest absolute Gasteiger partial charge is 0.388 e. The Kier molecular flexibility index (Phi) is 5.10. The molecular weight excluding hydrogens is 259 g/mol. The minimum atomic E-state index is -0.677. The van der Waals surface area contributed by atoms with Crippen molar-refractivity contribution in [2.75, 3.05) is 26.8 Å². The Hall–Kier alpha value is -1.01. The summed E-state index contributed by atoms with van der Waals surface area (Å²) in [5.74, 6) is -0.262. The summed E-state index contributed by atoms with van der Waals surface area (Å²) >= 11 is 0. The summed E-state index contributed by atoms with van der Waals surface area (Å²) in [5, 5.41) is 10.5. The molecule has 1 aliphatic heterocycles. The van der Waals surface area contributed by atoms with Crippen molar-refractivity contribution in [1.82, 2.24) is 4.90 Å². The van der Waals surface area contributed by atoms with E-state index in [-0.39, 0.29) is 12.4 Å². The molecule has 5 heteroatoms. The van der Waals surface area contributed by atoms with E-state index in [0.29, 0.717) is 44.7 Å². The lowest BCUT2D eigenvalue weighted by Gasteiger charge is -2.35. The minimum absolute atomic E-state index is 0.199. The summed E-state index contributed by atoms with van der Waals surface area (Å²) in [7, 11) is 1.96. The first-order valence-electron chi connectivity index (χ1n) is 6.98. The van der Waals surface area contributed by atoms with Gasteiger partial charge < -0.3 is 15.6 Å². The van der Waals surface area contributed by atoms with Crippen LogP contribution in [0.1, 0.15) is 24.0 Å². The van der Waals surface area contributed by atoms with Gasteiger partial charge in [0.25, 0.3) is 0 Å².